The Morgan fingerprint density at radius 1 is 1.67 bits per heavy atom. The third-order valence-corrected chi connectivity index (χ3v) is 0.364. The lowest BCUT2D eigenvalue weighted by Gasteiger charge is -1.78. The van der Waals surface area contributed by atoms with Crippen molar-refractivity contribution < 1.29 is 8.78 Å². The van der Waals surface area contributed by atoms with Crippen LogP contribution in [0.25, 0.3) is 0 Å². The van der Waals surface area contributed by atoms with E-state index in [0.29, 0.717) is 6.08 Å². The number of allylic oxidation sites excluding steroid dienone is 1. The minimum atomic E-state index is -1.69. The molecular weight excluding hydrogens is 109 g/mol. The van der Waals surface area contributed by atoms with E-state index in [4.69, 9.17) is 0 Å². The van der Waals surface area contributed by atoms with Gasteiger partial charge in [0.1, 0.15) is 0 Å². The van der Waals surface area contributed by atoms with E-state index in [1.54, 1.807) is 0 Å². The molecule has 0 aromatic carbocycles. The molecule has 36 valence electrons. The molecule has 0 amide bonds. The van der Waals surface area contributed by atoms with Crippen molar-refractivity contribution in [1.29, 1.82) is 0 Å². The highest BCUT2D eigenvalue weighted by atomic mass is 35.5. The van der Waals surface area contributed by atoms with Crippen LogP contribution in [-0.4, -0.2) is 5.63 Å². The van der Waals surface area contributed by atoms with Crippen molar-refractivity contribution in [2.24, 2.45) is 0 Å². The van der Waals surface area contributed by atoms with Gasteiger partial charge in [-0.05, 0) is 6.08 Å². The van der Waals surface area contributed by atoms with E-state index >= 15 is 0 Å². The van der Waals surface area contributed by atoms with Crippen LogP contribution in [0.2, 0.25) is 0 Å². The fourth-order valence-electron chi connectivity index (χ4n) is 0.0550. The highest BCUT2D eigenvalue weighted by molar-refractivity contribution is 6.20. The first-order valence-electron chi connectivity index (χ1n) is 1.32. The van der Waals surface area contributed by atoms with Gasteiger partial charge in [-0.2, -0.15) is 0 Å². The van der Waals surface area contributed by atoms with E-state index in [1.807, 2.05) is 0 Å². The predicted octanol–water partition coefficient (Wildman–Crippen LogP) is 2.00. The first-order chi connectivity index (χ1) is 2.77. The first-order valence-corrected chi connectivity index (χ1v) is 1.76. The van der Waals surface area contributed by atoms with E-state index in [9.17, 15) is 8.78 Å². The molecule has 0 aliphatic rings. The Labute approximate surface area is 39.4 Å². The minimum Gasteiger partial charge on any atom is -0.225 e. The fourth-order valence-corrected chi connectivity index (χ4v) is 0.110. The Kier molecular flexibility index (Phi) is 3.04. The molecule has 6 heavy (non-hydrogen) atoms. The largest absolute Gasteiger partial charge is 0.225 e. The number of alkyl halides is 2. The van der Waals surface area contributed by atoms with Gasteiger partial charge in [0, 0.05) is 0 Å². The number of hydrogen-bond donors (Lipinski definition) is 0. The third-order valence-electron chi connectivity index (χ3n) is 0.218. The van der Waals surface area contributed by atoms with E-state index in [0.717, 1.165) is 0 Å². The average molecular weight is 113 g/mol. The van der Waals surface area contributed by atoms with Crippen molar-refractivity contribution >= 4 is 11.6 Å². The van der Waals surface area contributed by atoms with Gasteiger partial charge in [0.25, 0.3) is 0 Å². The zero-order valence-electron chi connectivity index (χ0n) is 2.87. The van der Waals surface area contributed by atoms with Crippen LogP contribution in [0, 0.1) is 0 Å². The van der Waals surface area contributed by atoms with Gasteiger partial charge < -0.3 is 0 Å². The second kappa shape index (κ2) is 3.09. The number of halogens is 3. The molecule has 0 bridgehead atoms. The molecule has 0 aromatic heterocycles. The third kappa shape index (κ3) is 3.89. The topological polar surface area (TPSA) is 0 Å². The summed E-state index contributed by atoms with van der Waals surface area (Å²) in [6, 6.07) is 0. The molecule has 0 heterocycles. The van der Waals surface area contributed by atoms with Crippen molar-refractivity contribution in [3.05, 3.63) is 12.4 Å². The highest BCUT2D eigenvalue weighted by Crippen LogP contribution is 1.96. The maximum Gasteiger partial charge on any atom is 0.194 e. The summed E-state index contributed by atoms with van der Waals surface area (Å²) in [6.07, 6.45) is 0.666. The maximum absolute atomic E-state index is 11.1. The summed E-state index contributed by atoms with van der Waals surface area (Å²) in [5, 5.41) is 0. The zero-order chi connectivity index (χ0) is 4.99. The van der Waals surface area contributed by atoms with E-state index < -0.39 is 5.63 Å². The zero-order valence-corrected chi connectivity index (χ0v) is 3.62. The normalized spacial score (nSPS) is 15.8. The van der Waals surface area contributed by atoms with Gasteiger partial charge in [-0.3, -0.25) is 0 Å². The van der Waals surface area contributed by atoms with Gasteiger partial charge in [-0.1, -0.05) is 11.6 Å². The summed E-state index contributed by atoms with van der Waals surface area (Å²) >= 11 is 4.58. The van der Waals surface area contributed by atoms with Crippen molar-refractivity contribution in [2.45, 2.75) is 5.63 Å². The number of hydrogen-bond acceptors (Lipinski definition) is 0. The Balaban J connectivity index is 3.03. The lowest BCUT2D eigenvalue weighted by Crippen LogP contribution is -1.73. The van der Waals surface area contributed by atoms with Crippen LogP contribution in [-0.2, 0) is 0 Å². The van der Waals surface area contributed by atoms with Gasteiger partial charge in [0.05, 0.1) is 6.33 Å². The van der Waals surface area contributed by atoms with Gasteiger partial charge in [0.2, 0.25) is 0 Å². The first kappa shape index (κ1) is 5.89. The smallest absolute Gasteiger partial charge is 0.194 e. The van der Waals surface area contributed by atoms with Crippen LogP contribution in [0.4, 0.5) is 8.78 Å². The van der Waals surface area contributed by atoms with Gasteiger partial charge in [-0.25, -0.2) is 8.78 Å². The molecule has 0 aliphatic heterocycles. The molecule has 0 nitrogen and oxygen atoms in total. The Morgan fingerprint density at radius 3 is 2.17 bits per heavy atom. The Bertz CT molecular complexity index is 50.8. The molecular formula is C3H3ClF2. The molecule has 0 radical (unpaired) electrons. The predicted molar refractivity (Wildman–Crippen MR) is 21.0 cm³/mol. The summed E-state index contributed by atoms with van der Waals surface area (Å²) < 4.78 is 21.9. The van der Waals surface area contributed by atoms with Crippen LogP contribution in [0.5, 0.6) is 0 Å². The van der Waals surface area contributed by atoms with Crippen LogP contribution < -0.4 is 0 Å². The quantitative estimate of drug-likeness (QED) is 0.455. The molecule has 0 fully saturated rings. The van der Waals surface area contributed by atoms with Gasteiger partial charge in [0.15, 0.2) is 5.63 Å². The Morgan fingerprint density at radius 2 is 2.17 bits per heavy atom. The summed E-state index contributed by atoms with van der Waals surface area (Å²) in [4.78, 5) is 0. The van der Waals surface area contributed by atoms with Crippen LogP contribution in [0.15, 0.2) is 12.4 Å². The molecule has 0 aliphatic carbocycles. The summed E-state index contributed by atoms with van der Waals surface area (Å²) in [7, 11) is 0. The summed E-state index contributed by atoms with van der Waals surface area (Å²) in [5.74, 6) is 0. The van der Waals surface area contributed by atoms with Gasteiger partial charge in [-0.15, -0.1) is 0 Å². The molecule has 0 rings (SSSR count). The lowest BCUT2D eigenvalue weighted by atomic mass is 10.7. The van der Waals surface area contributed by atoms with E-state index in [1.165, 1.54) is 0 Å². The van der Waals surface area contributed by atoms with Crippen LogP contribution in [0.1, 0.15) is 0 Å². The SMILES string of the molecule is FC=CC(F)Cl. The number of rotatable bonds is 1. The molecule has 0 saturated heterocycles. The molecule has 3 heteroatoms. The molecule has 1 atom stereocenters. The van der Waals surface area contributed by atoms with Crippen molar-refractivity contribution in [2.75, 3.05) is 0 Å². The minimum absolute atomic E-state index is 0.0671. The molecule has 0 aromatic rings. The van der Waals surface area contributed by atoms with E-state index in [-0.39, 0.29) is 6.33 Å². The molecule has 0 N–H and O–H groups in total. The monoisotopic (exact) mass is 112 g/mol. The maximum atomic E-state index is 11.1. The standard InChI is InChI=1S/C3H3ClF2/c4-3(6)1-2-5/h1-3H. The second-order valence-electron chi connectivity index (χ2n) is 0.653. The van der Waals surface area contributed by atoms with Crippen LogP contribution in [0.3, 0.4) is 0 Å². The fraction of sp³-hybridized carbons (Fsp3) is 0.333. The van der Waals surface area contributed by atoms with Crippen molar-refractivity contribution in [3.63, 3.8) is 0 Å². The second-order valence-corrected chi connectivity index (χ2v) is 1.07. The lowest BCUT2D eigenvalue weighted by molar-refractivity contribution is 0.506. The summed E-state index contributed by atoms with van der Waals surface area (Å²) in [6.45, 7) is 0. The Hall–Kier alpha value is -0.110. The van der Waals surface area contributed by atoms with Crippen molar-refractivity contribution in [3.8, 4) is 0 Å². The van der Waals surface area contributed by atoms with Crippen molar-refractivity contribution in [1.82, 2.24) is 0 Å². The molecule has 0 saturated carbocycles. The molecule has 0 spiro atoms. The van der Waals surface area contributed by atoms with Crippen LogP contribution >= 0.6 is 11.6 Å². The average Bonchev–Trinajstić information content (AvgIpc) is 1.35. The molecule has 1 unspecified atom stereocenters. The van der Waals surface area contributed by atoms with Gasteiger partial charge >= 0.3 is 0 Å². The van der Waals surface area contributed by atoms with E-state index in [2.05, 4.69) is 11.6 Å². The highest BCUT2D eigenvalue weighted by Gasteiger charge is 1.86. The summed E-state index contributed by atoms with van der Waals surface area (Å²) in [5.41, 5.74) is -1.69.